The zero-order chi connectivity index (χ0) is 18.4. The molecule has 0 saturated carbocycles. The maximum Gasteiger partial charge on any atom is 0.307 e. The number of anilines is 1. The van der Waals surface area contributed by atoms with E-state index >= 15 is 0 Å². The minimum atomic E-state index is -1.30. The summed E-state index contributed by atoms with van der Waals surface area (Å²) >= 11 is 1.25. The number of carbonyl (C=O) groups is 3. The van der Waals surface area contributed by atoms with Crippen LogP contribution in [0, 0.1) is 6.92 Å². The van der Waals surface area contributed by atoms with Crippen molar-refractivity contribution >= 4 is 34.1 Å². The molecular formula is C17H19N3O4S. The Bertz CT molecular complexity index is 771. The standard InChI is InChI=1S/C17H19N3O4S/c1-11-19-20-16(25-11)18-13(21)9-10-14(22)24-17(2,3)15(23)12-7-5-4-6-8-12/h4-8H,9-10H2,1-3H3,(H,18,20,21). The number of nitrogens with zero attached hydrogens (tertiary/aromatic N) is 2. The van der Waals surface area contributed by atoms with Crippen molar-refractivity contribution in [2.24, 2.45) is 0 Å². The summed E-state index contributed by atoms with van der Waals surface area (Å²) in [6.07, 6.45) is -0.192. The second-order valence-corrected chi connectivity index (χ2v) is 7.04. The van der Waals surface area contributed by atoms with E-state index in [0.717, 1.165) is 5.01 Å². The molecule has 2 rings (SSSR count). The normalized spacial score (nSPS) is 11.0. The lowest BCUT2D eigenvalue weighted by Crippen LogP contribution is -2.37. The van der Waals surface area contributed by atoms with Crippen LogP contribution in [0.25, 0.3) is 0 Å². The second kappa shape index (κ2) is 7.98. The maximum absolute atomic E-state index is 12.4. The Balaban J connectivity index is 1.84. The second-order valence-electron chi connectivity index (χ2n) is 5.85. The number of ether oxygens (including phenoxy) is 1. The number of hydrogen-bond acceptors (Lipinski definition) is 7. The minimum Gasteiger partial charge on any atom is -0.451 e. The molecule has 1 heterocycles. The monoisotopic (exact) mass is 361 g/mol. The van der Waals surface area contributed by atoms with Crippen LogP contribution in [0.2, 0.25) is 0 Å². The van der Waals surface area contributed by atoms with Crippen LogP contribution in [0.5, 0.6) is 0 Å². The molecule has 2 aromatic rings. The average Bonchev–Trinajstić information content (AvgIpc) is 2.97. The summed E-state index contributed by atoms with van der Waals surface area (Å²) in [5.41, 5.74) is -0.838. The van der Waals surface area contributed by atoms with Crippen LogP contribution in [-0.4, -0.2) is 33.5 Å². The lowest BCUT2D eigenvalue weighted by molar-refractivity contribution is -0.153. The number of nitrogens with one attached hydrogen (secondary N) is 1. The Hall–Kier alpha value is -2.61. The number of hydrogen-bond donors (Lipinski definition) is 1. The molecule has 0 bridgehead atoms. The van der Waals surface area contributed by atoms with Gasteiger partial charge in [-0.1, -0.05) is 41.7 Å². The first kappa shape index (κ1) is 18.7. The van der Waals surface area contributed by atoms with Crippen molar-refractivity contribution in [2.45, 2.75) is 39.2 Å². The number of amides is 1. The first-order valence-electron chi connectivity index (χ1n) is 7.69. The largest absolute Gasteiger partial charge is 0.451 e. The third-order valence-corrected chi connectivity index (χ3v) is 4.03. The molecule has 0 saturated heterocycles. The Kier molecular flexibility index (Phi) is 5.97. The topological polar surface area (TPSA) is 98.2 Å². The van der Waals surface area contributed by atoms with E-state index in [4.69, 9.17) is 4.74 Å². The quantitative estimate of drug-likeness (QED) is 0.601. The molecule has 0 aliphatic carbocycles. The van der Waals surface area contributed by atoms with E-state index < -0.39 is 11.6 Å². The molecule has 0 unspecified atom stereocenters. The summed E-state index contributed by atoms with van der Waals surface area (Å²) in [5, 5.41) is 11.2. The van der Waals surface area contributed by atoms with Crippen LogP contribution in [0.1, 0.15) is 42.1 Å². The van der Waals surface area contributed by atoms with Crippen molar-refractivity contribution in [2.75, 3.05) is 5.32 Å². The molecule has 1 amide bonds. The highest BCUT2D eigenvalue weighted by Crippen LogP contribution is 2.19. The molecule has 8 heteroatoms. The maximum atomic E-state index is 12.4. The van der Waals surface area contributed by atoms with Gasteiger partial charge in [0, 0.05) is 12.0 Å². The fourth-order valence-electron chi connectivity index (χ4n) is 2.06. The summed E-state index contributed by atoms with van der Waals surface area (Å²) in [4.78, 5) is 36.2. The molecule has 0 fully saturated rings. The van der Waals surface area contributed by atoms with E-state index in [2.05, 4.69) is 15.5 Å². The molecule has 0 aliphatic heterocycles. The van der Waals surface area contributed by atoms with Gasteiger partial charge in [0.05, 0.1) is 6.42 Å². The van der Waals surface area contributed by atoms with Crippen molar-refractivity contribution in [3.63, 3.8) is 0 Å². The number of rotatable bonds is 7. The van der Waals surface area contributed by atoms with E-state index in [1.807, 2.05) is 0 Å². The van der Waals surface area contributed by atoms with Crippen LogP contribution >= 0.6 is 11.3 Å². The fraction of sp³-hybridized carbons (Fsp3) is 0.353. The lowest BCUT2D eigenvalue weighted by atomic mass is 9.96. The van der Waals surface area contributed by atoms with Gasteiger partial charge in [0.25, 0.3) is 0 Å². The SMILES string of the molecule is Cc1nnc(NC(=O)CCC(=O)OC(C)(C)C(=O)c2ccccc2)s1. The average molecular weight is 361 g/mol. The number of Topliss-reactive ketones (excluding diaryl/α,β-unsaturated/α-hetero) is 1. The lowest BCUT2D eigenvalue weighted by Gasteiger charge is -2.23. The summed E-state index contributed by atoms with van der Waals surface area (Å²) in [7, 11) is 0. The molecule has 1 aromatic carbocycles. The first-order chi connectivity index (χ1) is 11.8. The highest BCUT2D eigenvalue weighted by molar-refractivity contribution is 7.15. The van der Waals surface area contributed by atoms with Gasteiger partial charge in [0.15, 0.2) is 5.60 Å². The molecule has 0 radical (unpaired) electrons. The van der Waals surface area contributed by atoms with Crippen molar-refractivity contribution in [1.82, 2.24) is 10.2 Å². The van der Waals surface area contributed by atoms with Gasteiger partial charge in [-0.05, 0) is 20.8 Å². The third kappa shape index (κ3) is 5.46. The smallest absolute Gasteiger partial charge is 0.307 e. The number of aromatic nitrogens is 2. The van der Waals surface area contributed by atoms with E-state index in [0.29, 0.717) is 10.7 Å². The molecule has 7 nitrogen and oxygen atoms in total. The van der Waals surface area contributed by atoms with Crippen molar-refractivity contribution < 1.29 is 19.1 Å². The number of benzene rings is 1. The molecule has 1 N–H and O–H groups in total. The molecule has 0 spiro atoms. The molecule has 0 atom stereocenters. The van der Waals surface area contributed by atoms with E-state index in [1.54, 1.807) is 37.3 Å². The number of ketones is 1. The number of carbonyl (C=O) groups excluding carboxylic acids is 3. The molecule has 0 aliphatic rings. The molecular weight excluding hydrogens is 342 g/mol. The summed E-state index contributed by atoms with van der Waals surface area (Å²) in [5.74, 6) is -1.27. The Morgan fingerprint density at radius 3 is 2.40 bits per heavy atom. The van der Waals surface area contributed by atoms with Crippen LogP contribution in [-0.2, 0) is 14.3 Å². The van der Waals surface area contributed by atoms with Crippen molar-refractivity contribution in [1.29, 1.82) is 0 Å². The Morgan fingerprint density at radius 1 is 1.12 bits per heavy atom. The predicted octanol–water partition coefficient (Wildman–Crippen LogP) is 2.77. The Labute approximate surface area is 149 Å². The van der Waals surface area contributed by atoms with Crippen molar-refractivity contribution in [3.8, 4) is 0 Å². The van der Waals surface area contributed by atoms with Crippen LogP contribution in [0.15, 0.2) is 30.3 Å². The van der Waals surface area contributed by atoms with Gasteiger partial charge in [0.1, 0.15) is 5.01 Å². The minimum absolute atomic E-state index is 0.0624. The van der Waals surface area contributed by atoms with E-state index in [9.17, 15) is 14.4 Å². The third-order valence-electron chi connectivity index (χ3n) is 3.28. The fourth-order valence-corrected chi connectivity index (χ4v) is 2.67. The molecule has 25 heavy (non-hydrogen) atoms. The van der Waals surface area contributed by atoms with Gasteiger partial charge in [-0.25, -0.2) is 0 Å². The van der Waals surface area contributed by atoms with Crippen molar-refractivity contribution in [3.05, 3.63) is 40.9 Å². The van der Waals surface area contributed by atoms with Crippen LogP contribution < -0.4 is 5.32 Å². The summed E-state index contributed by atoms with van der Waals surface area (Å²) in [6.45, 7) is 4.84. The van der Waals surface area contributed by atoms with E-state index in [1.165, 1.54) is 25.2 Å². The summed E-state index contributed by atoms with van der Waals surface area (Å²) in [6, 6.07) is 8.61. The van der Waals surface area contributed by atoms with Gasteiger partial charge in [-0.3, -0.25) is 14.4 Å². The zero-order valence-electron chi connectivity index (χ0n) is 14.2. The number of esters is 1. The van der Waals surface area contributed by atoms with E-state index in [-0.39, 0.29) is 24.5 Å². The van der Waals surface area contributed by atoms with Crippen LogP contribution in [0.4, 0.5) is 5.13 Å². The van der Waals surface area contributed by atoms with Crippen LogP contribution in [0.3, 0.4) is 0 Å². The molecule has 132 valence electrons. The molecule has 1 aromatic heterocycles. The highest BCUT2D eigenvalue weighted by Gasteiger charge is 2.32. The zero-order valence-corrected chi connectivity index (χ0v) is 15.1. The van der Waals surface area contributed by atoms with Gasteiger partial charge in [0.2, 0.25) is 16.8 Å². The van der Waals surface area contributed by atoms with Gasteiger partial charge in [-0.15, -0.1) is 10.2 Å². The summed E-state index contributed by atoms with van der Waals surface area (Å²) < 4.78 is 5.26. The highest BCUT2D eigenvalue weighted by atomic mass is 32.1. The first-order valence-corrected chi connectivity index (χ1v) is 8.51. The van der Waals surface area contributed by atoms with Gasteiger partial charge in [-0.2, -0.15) is 0 Å². The number of aryl methyl sites for hydroxylation is 1. The van der Waals surface area contributed by atoms with Gasteiger partial charge < -0.3 is 10.1 Å². The van der Waals surface area contributed by atoms with Gasteiger partial charge >= 0.3 is 5.97 Å². The Morgan fingerprint density at radius 2 is 1.80 bits per heavy atom. The predicted molar refractivity (Wildman–Crippen MR) is 93.5 cm³/mol.